The van der Waals surface area contributed by atoms with Crippen LogP contribution in [-0.2, 0) is 0 Å². The third-order valence-corrected chi connectivity index (χ3v) is 3.44. The SMILES string of the molecule is CCC(=O)c1ccc(I)cc1-c1ccccc1F. The van der Waals surface area contributed by atoms with Gasteiger partial charge in [-0.15, -0.1) is 0 Å². The summed E-state index contributed by atoms with van der Waals surface area (Å²) in [5, 5.41) is 0. The fraction of sp³-hybridized carbons (Fsp3) is 0.133. The quantitative estimate of drug-likeness (QED) is 0.577. The molecule has 0 radical (unpaired) electrons. The minimum Gasteiger partial charge on any atom is -0.294 e. The van der Waals surface area contributed by atoms with Crippen LogP contribution in [0.4, 0.5) is 4.39 Å². The number of benzene rings is 2. The van der Waals surface area contributed by atoms with Crippen LogP contribution in [0.25, 0.3) is 11.1 Å². The van der Waals surface area contributed by atoms with Gasteiger partial charge in [-0.3, -0.25) is 4.79 Å². The predicted octanol–water partition coefficient (Wildman–Crippen LogP) is 4.69. The maximum absolute atomic E-state index is 13.8. The molecular weight excluding hydrogens is 342 g/mol. The number of carbonyl (C=O) groups is 1. The molecule has 0 saturated carbocycles. The molecule has 0 fully saturated rings. The van der Waals surface area contributed by atoms with E-state index in [1.54, 1.807) is 24.3 Å². The molecule has 0 saturated heterocycles. The van der Waals surface area contributed by atoms with Gasteiger partial charge in [0.15, 0.2) is 5.78 Å². The van der Waals surface area contributed by atoms with Gasteiger partial charge in [-0.1, -0.05) is 25.1 Å². The lowest BCUT2D eigenvalue weighted by molar-refractivity contribution is 0.0989. The molecule has 3 heteroatoms. The zero-order valence-corrected chi connectivity index (χ0v) is 12.1. The summed E-state index contributed by atoms with van der Waals surface area (Å²) in [5.41, 5.74) is 1.74. The van der Waals surface area contributed by atoms with Crippen molar-refractivity contribution in [1.29, 1.82) is 0 Å². The molecule has 0 aliphatic carbocycles. The second-order valence-corrected chi connectivity index (χ2v) is 5.19. The molecule has 0 spiro atoms. The number of halogens is 2. The Morgan fingerprint density at radius 2 is 1.89 bits per heavy atom. The van der Waals surface area contributed by atoms with Crippen LogP contribution in [0.5, 0.6) is 0 Å². The lowest BCUT2D eigenvalue weighted by Crippen LogP contribution is -2.01. The second-order valence-electron chi connectivity index (χ2n) is 3.95. The lowest BCUT2D eigenvalue weighted by atomic mass is 9.96. The molecule has 18 heavy (non-hydrogen) atoms. The van der Waals surface area contributed by atoms with E-state index in [0.717, 1.165) is 3.57 Å². The van der Waals surface area contributed by atoms with Crippen LogP contribution in [0.2, 0.25) is 0 Å². The third-order valence-electron chi connectivity index (χ3n) is 2.77. The zero-order valence-electron chi connectivity index (χ0n) is 9.91. The molecule has 0 atom stereocenters. The van der Waals surface area contributed by atoms with E-state index in [0.29, 0.717) is 23.1 Å². The molecule has 0 aliphatic rings. The van der Waals surface area contributed by atoms with Gasteiger partial charge >= 0.3 is 0 Å². The lowest BCUT2D eigenvalue weighted by Gasteiger charge is -2.09. The molecule has 2 aromatic rings. The van der Waals surface area contributed by atoms with Crippen LogP contribution in [0.1, 0.15) is 23.7 Å². The molecule has 0 unspecified atom stereocenters. The summed E-state index contributed by atoms with van der Waals surface area (Å²) < 4.78 is 14.8. The first kappa shape index (κ1) is 13.2. The zero-order chi connectivity index (χ0) is 13.1. The van der Waals surface area contributed by atoms with Crippen molar-refractivity contribution in [3.8, 4) is 11.1 Å². The summed E-state index contributed by atoms with van der Waals surface area (Å²) in [7, 11) is 0. The topological polar surface area (TPSA) is 17.1 Å². The molecule has 0 aliphatic heterocycles. The molecule has 0 amide bonds. The maximum atomic E-state index is 13.8. The normalized spacial score (nSPS) is 10.4. The standard InChI is InChI=1S/C15H12FIO/c1-2-15(18)12-8-7-10(17)9-13(12)11-5-3-4-6-14(11)16/h3-9H,2H2,1H3. The molecule has 0 heterocycles. The highest BCUT2D eigenvalue weighted by atomic mass is 127. The summed E-state index contributed by atoms with van der Waals surface area (Å²) in [6.07, 6.45) is 0.419. The van der Waals surface area contributed by atoms with Gasteiger partial charge in [-0.25, -0.2) is 4.39 Å². The summed E-state index contributed by atoms with van der Waals surface area (Å²) in [6, 6.07) is 12.0. The first-order valence-corrected chi connectivity index (χ1v) is 6.79. The van der Waals surface area contributed by atoms with E-state index in [2.05, 4.69) is 22.6 Å². The number of hydrogen-bond acceptors (Lipinski definition) is 1. The Hall–Kier alpha value is -1.23. The van der Waals surface area contributed by atoms with Gasteiger partial charge in [0, 0.05) is 21.1 Å². The summed E-state index contributed by atoms with van der Waals surface area (Å²) >= 11 is 2.16. The van der Waals surface area contributed by atoms with Gasteiger partial charge in [-0.05, 0) is 52.4 Å². The summed E-state index contributed by atoms with van der Waals surface area (Å²) in [4.78, 5) is 11.9. The average molecular weight is 354 g/mol. The summed E-state index contributed by atoms with van der Waals surface area (Å²) in [5.74, 6) is -0.269. The van der Waals surface area contributed by atoms with E-state index in [9.17, 15) is 9.18 Å². The Kier molecular flexibility index (Phi) is 4.11. The second kappa shape index (κ2) is 5.61. The van der Waals surface area contributed by atoms with Crippen molar-refractivity contribution in [2.45, 2.75) is 13.3 Å². The average Bonchev–Trinajstić information content (AvgIpc) is 2.38. The van der Waals surface area contributed by atoms with E-state index in [4.69, 9.17) is 0 Å². The minimum atomic E-state index is -0.301. The fourth-order valence-corrected chi connectivity index (χ4v) is 2.34. The highest BCUT2D eigenvalue weighted by Gasteiger charge is 2.14. The van der Waals surface area contributed by atoms with E-state index in [1.165, 1.54) is 6.07 Å². The molecule has 1 nitrogen and oxygen atoms in total. The van der Waals surface area contributed by atoms with Crippen molar-refractivity contribution in [3.05, 3.63) is 57.4 Å². The Morgan fingerprint density at radius 1 is 1.17 bits per heavy atom. The van der Waals surface area contributed by atoms with Gasteiger partial charge in [-0.2, -0.15) is 0 Å². The molecule has 0 aromatic heterocycles. The monoisotopic (exact) mass is 354 g/mol. The highest BCUT2D eigenvalue weighted by Crippen LogP contribution is 2.28. The fourth-order valence-electron chi connectivity index (χ4n) is 1.85. The number of hydrogen-bond donors (Lipinski definition) is 0. The van der Waals surface area contributed by atoms with Crippen molar-refractivity contribution < 1.29 is 9.18 Å². The van der Waals surface area contributed by atoms with E-state index in [1.807, 2.05) is 19.1 Å². The Morgan fingerprint density at radius 3 is 2.56 bits per heavy atom. The Balaban J connectivity index is 2.66. The van der Waals surface area contributed by atoms with Gasteiger partial charge in [0.25, 0.3) is 0 Å². The number of Topliss-reactive ketones (excluding diaryl/α,β-unsaturated/α-hetero) is 1. The van der Waals surface area contributed by atoms with Crippen LogP contribution in [0, 0.1) is 9.39 Å². The largest absolute Gasteiger partial charge is 0.294 e. The first-order valence-electron chi connectivity index (χ1n) is 5.71. The number of carbonyl (C=O) groups excluding carboxylic acids is 1. The van der Waals surface area contributed by atoms with Gasteiger partial charge in [0.1, 0.15) is 5.82 Å². The predicted molar refractivity (Wildman–Crippen MR) is 79.2 cm³/mol. The van der Waals surface area contributed by atoms with Crippen LogP contribution in [0.3, 0.4) is 0 Å². The van der Waals surface area contributed by atoms with Crippen molar-refractivity contribution in [1.82, 2.24) is 0 Å². The van der Waals surface area contributed by atoms with Gasteiger partial charge < -0.3 is 0 Å². The third kappa shape index (κ3) is 2.61. The van der Waals surface area contributed by atoms with E-state index in [-0.39, 0.29) is 11.6 Å². The molecule has 2 aromatic carbocycles. The van der Waals surface area contributed by atoms with Gasteiger partial charge in [0.05, 0.1) is 0 Å². The minimum absolute atomic E-state index is 0.0321. The van der Waals surface area contributed by atoms with Crippen molar-refractivity contribution in [2.24, 2.45) is 0 Å². The van der Waals surface area contributed by atoms with E-state index >= 15 is 0 Å². The van der Waals surface area contributed by atoms with Gasteiger partial charge in [0.2, 0.25) is 0 Å². The maximum Gasteiger partial charge on any atom is 0.163 e. The van der Waals surface area contributed by atoms with Crippen molar-refractivity contribution >= 4 is 28.4 Å². The van der Waals surface area contributed by atoms with Crippen LogP contribution >= 0.6 is 22.6 Å². The van der Waals surface area contributed by atoms with E-state index < -0.39 is 0 Å². The molecular formula is C15H12FIO. The molecule has 0 bridgehead atoms. The van der Waals surface area contributed by atoms with Crippen LogP contribution in [0.15, 0.2) is 42.5 Å². The Labute approximate surface area is 119 Å². The molecule has 0 N–H and O–H groups in total. The van der Waals surface area contributed by atoms with Crippen LogP contribution in [-0.4, -0.2) is 5.78 Å². The number of rotatable bonds is 3. The molecule has 2 rings (SSSR count). The Bertz CT molecular complexity index is 593. The smallest absolute Gasteiger partial charge is 0.163 e. The first-order chi connectivity index (χ1) is 8.63. The van der Waals surface area contributed by atoms with Crippen LogP contribution < -0.4 is 0 Å². The highest BCUT2D eigenvalue weighted by molar-refractivity contribution is 14.1. The van der Waals surface area contributed by atoms with Crippen molar-refractivity contribution in [2.75, 3.05) is 0 Å². The number of ketones is 1. The van der Waals surface area contributed by atoms with Crippen molar-refractivity contribution in [3.63, 3.8) is 0 Å². The summed E-state index contributed by atoms with van der Waals surface area (Å²) in [6.45, 7) is 1.81. The molecule has 92 valence electrons.